The van der Waals surface area contributed by atoms with Crippen LogP contribution in [0.15, 0.2) is 18.2 Å². The highest BCUT2D eigenvalue weighted by molar-refractivity contribution is 6.17. The number of nitrogens with zero attached hydrogens (tertiary/aromatic N) is 3. The lowest BCUT2D eigenvalue weighted by atomic mass is 10.2. The van der Waals surface area contributed by atoms with E-state index in [-0.39, 0.29) is 0 Å². The second-order valence-corrected chi connectivity index (χ2v) is 5.85. The number of methoxy groups -OCH3 is 1. The Labute approximate surface area is 129 Å². The van der Waals surface area contributed by atoms with Crippen molar-refractivity contribution in [3.05, 3.63) is 29.6 Å². The number of hydrogen-bond acceptors (Lipinski definition) is 3. The summed E-state index contributed by atoms with van der Waals surface area (Å²) in [4.78, 5) is 4.70. The minimum absolute atomic E-state index is 0.315. The van der Waals surface area contributed by atoms with Gasteiger partial charge in [-0.3, -0.25) is 0 Å². The zero-order valence-corrected chi connectivity index (χ0v) is 12.8. The van der Waals surface area contributed by atoms with E-state index < -0.39 is 0 Å². The normalized spacial score (nSPS) is 21.8. The number of imidazole rings is 1. The molecule has 2 unspecified atom stereocenters. The number of nitriles is 1. The van der Waals surface area contributed by atoms with Crippen LogP contribution in [0.4, 0.5) is 0 Å². The van der Waals surface area contributed by atoms with Crippen LogP contribution in [0.25, 0.3) is 11.0 Å². The smallest absolute Gasteiger partial charge is 0.111 e. The first kappa shape index (κ1) is 14.4. The molecule has 0 radical (unpaired) electrons. The monoisotopic (exact) mass is 303 g/mol. The number of aryl methyl sites for hydroxylation is 1. The first-order valence-electron chi connectivity index (χ1n) is 7.26. The summed E-state index contributed by atoms with van der Waals surface area (Å²) in [7, 11) is 1.77. The zero-order valence-electron chi connectivity index (χ0n) is 12.1. The average Bonchev–Trinajstić information content (AvgIpc) is 3.10. The van der Waals surface area contributed by atoms with E-state index in [1.807, 2.05) is 18.2 Å². The Morgan fingerprint density at radius 2 is 2.33 bits per heavy atom. The van der Waals surface area contributed by atoms with Gasteiger partial charge in [0.05, 0.1) is 28.8 Å². The van der Waals surface area contributed by atoms with Gasteiger partial charge in [-0.2, -0.15) is 5.26 Å². The number of halogens is 1. The van der Waals surface area contributed by atoms with Gasteiger partial charge in [-0.15, -0.1) is 11.6 Å². The van der Waals surface area contributed by atoms with Crippen LogP contribution in [0.5, 0.6) is 0 Å². The van der Waals surface area contributed by atoms with Crippen molar-refractivity contribution >= 4 is 22.6 Å². The van der Waals surface area contributed by atoms with Crippen molar-refractivity contribution in [3.8, 4) is 6.07 Å². The van der Waals surface area contributed by atoms with Gasteiger partial charge in [-0.05, 0) is 37.5 Å². The van der Waals surface area contributed by atoms with E-state index in [1.54, 1.807) is 7.11 Å². The van der Waals surface area contributed by atoms with Crippen molar-refractivity contribution in [2.75, 3.05) is 13.0 Å². The number of alkyl halides is 1. The molecule has 1 aromatic carbocycles. The molecule has 1 aliphatic rings. The second-order valence-electron chi connectivity index (χ2n) is 5.48. The summed E-state index contributed by atoms with van der Waals surface area (Å²) >= 11 is 5.93. The van der Waals surface area contributed by atoms with Crippen LogP contribution >= 0.6 is 11.6 Å². The topological polar surface area (TPSA) is 50.8 Å². The number of ether oxygens (including phenoxy) is 1. The van der Waals surface area contributed by atoms with Gasteiger partial charge in [0.2, 0.25) is 0 Å². The van der Waals surface area contributed by atoms with Crippen LogP contribution in [-0.2, 0) is 11.2 Å². The fraction of sp³-hybridized carbons (Fsp3) is 0.500. The molecule has 0 spiro atoms. The molecule has 4 nitrogen and oxygen atoms in total. The van der Waals surface area contributed by atoms with Crippen LogP contribution in [0.2, 0.25) is 0 Å². The van der Waals surface area contributed by atoms with Gasteiger partial charge in [-0.1, -0.05) is 0 Å². The molecular weight excluding hydrogens is 286 g/mol. The van der Waals surface area contributed by atoms with Crippen LogP contribution in [0.3, 0.4) is 0 Å². The molecule has 0 aliphatic heterocycles. The number of fused-ring (bicyclic) bond motifs is 1. The molecule has 1 fully saturated rings. The van der Waals surface area contributed by atoms with E-state index in [0.717, 1.165) is 42.5 Å². The molecule has 5 heteroatoms. The van der Waals surface area contributed by atoms with Crippen LogP contribution < -0.4 is 0 Å². The zero-order chi connectivity index (χ0) is 14.8. The number of benzene rings is 1. The predicted octanol–water partition coefficient (Wildman–Crippen LogP) is 3.43. The highest BCUT2D eigenvalue weighted by Gasteiger charge is 2.28. The summed E-state index contributed by atoms with van der Waals surface area (Å²) < 4.78 is 7.76. The van der Waals surface area contributed by atoms with Crippen molar-refractivity contribution in [2.45, 2.75) is 37.8 Å². The third-order valence-corrected chi connectivity index (χ3v) is 4.45. The highest BCUT2D eigenvalue weighted by Crippen LogP contribution is 2.35. The lowest BCUT2D eigenvalue weighted by molar-refractivity contribution is 0.106. The second kappa shape index (κ2) is 6.05. The summed E-state index contributed by atoms with van der Waals surface area (Å²) in [6.45, 7) is 0. The molecule has 2 atom stereocenters. The Morgan fingerprint density at radius 3 is 3.00 bits per heavy atom. The molecule has 1 saturated carbocycles. The maximum atomic E-state index is 9.12. The van der Waals surface area contributed by atoms with Gasteiger partial charge in [0.25, 0.3) is 0 Å². The lowest BCUT2D eigenvalue weighted by Gasteiger charge is -2.17. The summed E-state index contributed by atoms with van der Waals surface area (Å²) in [6, 6.07) is 8.26. The molecule has 0 amide bonds. The molecule has 0 bridgehead atoms. The fourth-order valence-corrected chi connectivity index (χ4v) is 3.42. The average molecular weight is 304 g/mol. The van der Waals surface area contributed by atoms with E-state index in [0.29, 0.717) is 23.6 Å². The number of aromatic nitrogens is 2. The fourth-order valence-electron chi connectivity index (χ4n) is 3.25. The van der Waals surface area contributed by atoms with Gasteiger partial charge >= 0.3 is 0 Å². The Bertz CT molecular complexity index is 689. The van der Waals surface area contributed by atoms with Crippen molar-refractivity contribution in [1.82, 2.24) is 9.55 Å². The van der Waals surface area contributed by atoms with Gasteiger partial charge in [-0.25, -0.2) is 4.98 Å². The Kier molecular flexibility index (Phi) is 4.14. The maximum Gasteiger partial charge on any atom is 0.111 e. The van der Waals surface area contributed by atoms with Crippen molar-refractivity contribution < 1.29 is 4.74 Å². The molecule has 2 aromatic rings. The van der Waals surface area contributed by atoms with Crippen LogP contribution in [-0.4, -0.2) is 28.6 Å². The molecule has 1 heterocycles. The van der Waals surface area contributed by atoms with E-state index in [2.05, 4.69) is 10.6 Å². The predicted molar refractivity (Wildman–Crippen MR) is 82.6 cm³/mol. The minimum Gasteiger partial charge on any atom is -0.381 e. The molecule has 21 heavy (non-hydrogen) atoms. The largest absolute Gasteiger partial charge is 0.381 e. The molecule has 3 rings (SSSR count). The third-order valence-electron chi connectivity index (χ3n) is 4.27. The molecule has 110 valence electrons. The van der Waals surface area contributed by atoms with Gasteiger partial charge in [0, 0.05) is 25.5 Å². The molecule has 0 saturated heterocycles. The highest BCUT2D eigenvalue weighted by atomic mass is 35.5. The maximum absolute atomic E-state index is 9.12. The first-order chi connectivity index (χ1) is 10.3. The van der Waals surface area contributed by atoms with Crippen LogP contribution in [0, 0.1) is 11.3 Å². The van der Waals surface area contributed by atoms with Gasteiger partial charge in [0.1, 0.15) is 5.82 Å². The minimum atomic E-state index is 0.315. The summed E-state index contributed by atoms with van der Waals surface area (Å²) in [6.07, 6.45) is 4.20. The Morgan fingerprint density at radius 1 is 1.48 bits per heavy atom. The standard InChI is InChI=1S/C16H18ClN3O/c1-21-13-4-3-12(9-13)20-15-8-11(10-18)2-5-14(15)19-16(20)6-7-17/h2,5,8,12-13H,3-4,6-7,9H2,1H3. The molecule has 1 aromatic heterocycles. The Balaban J connectivity index is 2.09. The molecule has 0 N–H and O–H groups in total. The first-order valence-corrected chi connectivity index (χ1v) is 7.80. The molecular formula is C16H18ClN3O. The molecule has 1 aliphatic carbocycles. The Hall–Kier alpha value is -1.57. The SMILES string of the molecule is COC1CCC(n2c(CCCl)nc3ccc(C#N)cc32)C1. The van der Waals surface area contributed by atoms with E-state index in [1.165, 1.54) is 0 Å². The summed E-state index contributed by atoms with van der Waals surface area (Å²) in [5.41, 5.74) is 2.65. The number of rotatable bonds is 4. The lowest BCUT2D eigenvalue weighted by Crippen LogP contribution is -2.12. The number of hydrogen-bond donors (Lipinski definition) is 0. The van der Waals surface area contributed by atoms with Crippen LogP contribution in [0.1, 0.15) is 36.7 Å². The van der Waals surface area contributed by atoms with Gasteiger partial charge < -0.3 is 9.30 Å². The van der Waals surface area contributed by atoms with Crippen molar-refractivity contribution in [1.29, 1.82) is 5.26 Å². The summed E-state index contributed by atoms with van der Waals surface area (Å²) in [5, 5.41) is 9.12. The quantitative estimate of drug-likeness (QED) is 0.813. The van der Waals surface area contributed by atoms with Crippen molar-refractivity contribution in [3.63, 3.8) is 0 Å². The third kappa shape index (κ3) is 2.64. The van der Waals surface area contributed by atoms with E-state index >= 15 is 0 Å². The van der Waals surface area contributed by atoms with E-state index in [9.17, 15) is 0 Å². The van der Waals surface area contributed by atoms with Crippen molar-refractivity contribution in [2.24, 2.45) is 0 Å². The van der Waals surface area contributed by atoms with Gasteiger partial charge in [0.15, 0.2) is 0 Å². The summed E-state index contributed by atoms with van der Waals surface area (Å²) in [5.74, 6) is 1.56. The van der Waals surface area contributed by atoms with E-state index in [4.69, 9.17) is 26.6 Å².